The van der Waals surface area contributed by atoms with Gasteiger partial charge in [0, 0.05) is 24.3 Å². The first-order valence-corrected chi connectivity index (χ1v) is 11.3. The van der Waals surface area contributed by atoms with Crippen molar-refractivity contribution in [3.05, 3.63) is 46.2 Å². The number of rotatable bonds is 7. The third-order valence-corrected chi connectivity index (χ3v) is 7.09. The summed E-state index contributed by atoms with van der Waals surface area (Å²) < 4.78 is 31.2. The van der Waals surface area contributed by atoms with Gasteiger partial charge in [-0.25, -0.2) is 8.42 Å². The van der Waals surface area contributed by atoms with E-state index in [4.69, 9.17) is 16.3 Å². The summed E-state index contributed by atoms with van der Waals surface area (Å²) in [5, 5.41) is 5.24. The number of halogens is 1. The van der Waals surface area contributed by atoms with Crippen molar-refractivity contribution in [1.82, 2.24) is 14.7 Å². The van der Waals surface area contributed by atoms with Crippen LogP contribution in [-0.2, 0) is 16.4 Å². The monoisotopic (exact) mass is 411 g/mol. The van der Waals surface area contributed by atoms with Gasteiger partial charge >= 0.3 is 0 Å². The van der Waals surface area contributed by atoms with Crippen molar-refractivity contribution in [2.45, 2.75) is 32.9 Å². The third kappa shape index (κ3) is 4.83. The second-order valence-corrected chi connectivity index (χ2v) is 9.80. The van der Waals surface area contributed by atoms with Crippen LogP contribution >= 0.6 is 11.6 Å². The van der Waals surface area contributed by atoms with Crippen molar-refractivity contribution in [2.75, 3.05) is 31.7 Å². The molecule has 0 amide bonds. The Labute approximate surface area is 166 Å². The van der Waals surface area contributed by atoms with Crippen LogP contribution in [0.15, 0.2) is 24.3 Å². The van der Waals surface area contributed by atoms with Gasteiger partial charge in [-0.05, 0) is 39.4 Å². The Morgan fingerprint density at radius 1 is 1.33 bits per heavy atom. The number of hydrogen-bond acceptors (Lipinski definition) is 5. The molecule has 148 valence electrons. The molecule has 0 radical (unpaired) electrons. The molecule has 27 heavy (non-hydrogen) atoms. The van der Waals surface area contributed by atoms with Crippen molar-refractivity contribution >= 4 is 21.4 Å². The summed E-state index contributed by atoms with van der Waals surface area (Å²) in [6, 6.07) is 7.40. The zero-order chi connectivity index (χ0) is 19.6. The summed E-state index contributed by atoms with van der Waals surface area (Å²) in [5.74, 6) is 1.13. The van der Waals surface area contributed by atoms with E-state index in [0.29, 0.717) is 23.8 Å². The topological polar surface area (TPSA) is 64.4 Å². The maximum absolute atomic E-state index is 11.8. The Balaban J connectivity index is 1.59. The number of nitrogens with zero attached hydrogens (tertiary/aromatic N) is 3. The molecule has 1 saturated heterocycles. The minimum Gasteiger partial charge on any atom is -0.491 e. The van der Waals surface area contributed by atoms with Crippen LogP contribution in [0.5, 0.6) is 5.75 Å². The van der Waals surface area contributed by atoms with Crippen LogP contribution in [0.1, 0.15) is 29.4 Å². The van der Waals surface area contributed by atoms with E-state index in [1.807, 2.05) is 49.8 Å². The van der Waals surface area contributed by atoms with Crippen LogP contribution in [0, 0.1) is 13.8 Å². The van der Waals surface area contributed by atoms with Gasteiger partial charge in [-0.1, -0.05) is 23.7 Å². The lowest BCUT2D eigenvalue weighted by Gasteiger charge is -2.18. The van der Waals surface area contributed by atoms with Crippen LogP contribution in [0.4, 0.5) is 0 Å². The number of hydrogen-bond donors (Lipinski definition) is 0. The molecule has 0 saturated carbocycles. The highest BCUT2D eigenvalue weighted by atomic mass is 35.5. The first-order valence-electron chi connectivity index (χ1n) is 9.07. The summed E-state index contributed by atoms with van der Waals surface area (Å²) in [5.41, 5.74) is 3.16. The van der Waals surface area contributed by atoms with Gasteiger partial charge in [0.2, 0.25) is 0 Å². The first-order chi connectivity index (χ1) is 12.8. The highest BCUT2D eigenvalue weighted by Gasteiger charge is 2.31. The Morgan fingerprint density at radius 2 is 2.07 bits per heavy atom. The molecule has 2 heterocycles. The van der Waals surface area contributed by atoms with Gasteiger partial charge in [-0.15, -0.1) is 0 Å². The van der Waals surface area contributed by atoms with Crippen molar-refractivity contribution < 1.29 is 13.2 Å². The summed E-state index contributed by atoms with van der Waals surface area (Å²) >= 11 is 6.10. The molecule has 0 unspecified atom stereocenters. The second-order valence-electron chi connectivity index (χ2n) is 7.17. The molecule has 0 spiro atoms. The van der Waals surface area contributed by atoms with E-state index >= 15 is 0 Å². The Morgan fingerprint density at radius 3 is 2.74 bits per heavy atom. The average Bonchev–Trinajstić information content (AvgIpc) is 3.10. The quantitative estimate of drug-likeness (QED) is 0.700. The van der Waals surface area contributed by atoms with Crippen molar-refractivity contribution in [3.63, 3.8) is 0 Å². The Bertz CT molecular complexity index is 911. The summed E-state index contributed by atoms with van der Waals surface area (Å²) in [6.45, 7) is 6.02. The minimum absolute atomic E-state index is 0.0451. The van der Waals surface area contributed by atoms with Gasteiger partial charge in [0.15, 0.2) is 9.84 Å². The van der Waals surface area contributed by atoms with E-state index in [-0.39, 0.29) is 17.5 Å². The van der Waals surface area contributed by atoms with Crippen LogP contribution in [0.25, 0.3) is 0 Å². The number of likely N-dealkylation sites (N-methyl/N-ethyl adjacent to an activating group) is 1. The maximum Gasteiger partial charge on any atom is 0.152 e. The highest BCUT2D eigenvalue weighted by molar-refractivity contribution is 7.91. The number of benzene rings is 1. The van der Waals surface area contributed by atoms with E-state index < -0.39 is 9.84 Å². The van der Waals surface area contributed by atoms with E-state index in [9.17, 15) is 8.42 Å². The van der Waals surface area contributed by atoms with Crippen molar-refractivity contribution in [3.8, 4) is 5.75 Å². The van der Waals surface area contributed by atoms with Crippen LogP contribution < -0.4 is 4.74 Å². The summed E-state index contributed by atoms with van der Waals surface area (Å²) in [7, 11) is -0.894. The molecular formula is C19H26ClN3O3S. The smallest absolute Gasteiger partial charge is 0.152 e. The van der Waals surface area contributed by atoms with Crippen molar-refractivity contribution in [1.29, 1.82) is 0 Å². The summed E-state index contributed by atoms with van der Waals surface area (Å²) in [4.78, 5) is 2.17. The predicted molar refractivity (Wildman–Crippen MR) is 107 cm³/mol. The van der Waals surface area contributed by atoms with Gasteiger partial charge < -0.3 is 4.74 Å². The molecular weight excluding hydrogens is 386 g/mol. The summed E-state index contributed by atoms with van der Waals surface area (Å²) in [6.07, 6.45) is 0.644. The number of sulfone groups is 1. The zero-order valence-corrected chi connectivity index (χ0v) is 17.6. The van der Waals surface area contributed by atoms with E-state index in [2.05, 4.69) is 10.00 Å². The van der Waals surface area contributed by atoms with Gasteiger partial charge in [0.1, 0.15) is 12.4 Å². The molecule has 0 aliphatic carbocycles. The lowest BCUT2D eigenvalue weighted by molar-refractivity contribution is 0.232. The SMILES string of the molecule is Cc1nn([C@H]2CCS(=O)(=O)C2)c(C)c1CN(C)CCOc1ccccc1Cl. The molecule has 1 aliphatic rings. The molecule has 1 fully saturated rings. The van der Waals surface area contributed by atoms with Gasteiger partial charge in [0.25, 0.3) is 0 Å². The van der Waals surface area contributed by atoms with Crippen LogP contribution in [0.3, 0.4) is 0 Å². The lowest BCUT2D eigenvalue weighted by Crippen LogP contribution is -2.24. The van der Waals surface area contributed by atoms with E-state index in [1.165, 1.54) is 0 Å². The van der Waals surface area contributed by atoms with Crippen LogP contribution in [-0.4, -0.2) is 54.8 Å². The normalized spacial score (nSPS) is 18.9. The van der Waals surface area contributed by atoms with Crippen molar-refractivity contribution in [2.24, 2.45) is 0 Å². The molecule has 1 atom stereocenters. The Hall–Kier alpha value is -1.57. The van der Waals surface area contributed by atoms with Gasteiger partial charge in [0.05, 0.1) is 28.3 Å². The first kappa shape index (κ1) is 20.2. The van der Waals surface area contributed by atoms with Gasteiger partial charge in [-0.3, -0.25) is 9.58 Å². The molecule has 6 nitrogen and oxygen atoms in total. The molecule has 0 N–H and O–H groups in total. The van der Waals surface area contributed by atoms with E-state index in [0.717, 1.165) is 30.0 Å². The number of para-hydroxylation sites is 1. The predicted octanol–water partition coefficient (Wildman–Crippen LogP) is 3.02. The van der Waals surface area contributed by atoms with Gasteiger partial charge in [-0.2, -0.15) is 5.10 Å². The third-order valence-electron chi connectivity index (χ3n) is 5.02. The molecule has 8 heteroatoms. The molecule has 1 aromatic carbocycles. The average molecular weight is 412 g/mol. The fourth-order valence-electron chi connectivity index (χ4n) is 3.47. The standard InChI is InChI=1S/C19H26ClN3O3S/c1-14-17(15(2)23(21-14)16-8-11-27(24,25)13-16)12-22(3)9-10-26-19-7-5-4-6-18(19)20/h4-7,16H,8-13H2,1-3H3/t16-/m0/s1. The van der Waals surface area contributed by atoms with E-state index in [1.54, 1.807) is 0 Å². The zero-order valence-electron chi connectivity index (χ0n) is 16.0. The molecule has 1 aromatic heterocycles. The number of aromatic nitrogens is 2. The highest BCUT2D eigenvalue weighted by Crippen LogP contribution is 2.27. The maximum atomic E-state index is 11.8. The number of aryl methyl sites for hydroxylation is 1. The largest absolute Gasteiger partial charge is 0.491 e. The number of ether oxygens (including phenoxy) is 1. The molecule has 2 aromatic rings. The lowest BCUT2D eigenvalue weighted by atomic mass is 10.1. The second kappa shape index (κ2) is 8.20. The minimum atomic E-state index is -2.93. The fourth-order valence-corrected chi connectivity index (χ4v) is 5.35. The molecule has 1 aliphatic heterocycles. The molecule has 3 rings (SSSR count). The van der Waals surface area contributed by atoms with Crippen LogP contribution in [0.2, 0.25) is 5.02 Å². The fraction of sp³-hybridized carbons (Fsp3) is 0.526. The molecule has 0 bridgehead atoms. The Kier molecular flexibility index (Phi) is 6.13.